The highest BCUT2D eigenvalue weighted by molar-refractivity contribution is 7.09. The second-order valence-corrected chi connectivity index (χ2v) is 8.06. The molecule has 1 unspecified atom stereocenters. The maximum absolute atomic E-state index is 5.60. The third kappa shape index (κ3) is 7.11. The predicted octanol–water partition coefficient (Wildman–Crippen LogP) is 7.59. The Balaban J connectivity index is 1.75. The van der Waals surface area contributed by atoms with Crippen LogP contribution in [0.1, 0.15) is 94.0 Å². The zero-order valence-corrected chi connectivity index (χ0v) is 17.4. The molecule has 3 heteroatoms. The minimum absolute atomic E-state index is 0.361. The first-order chi connectivity index (χ1) is 12.9. The van der Waals surface area contributed by atoms with Crippen molar-refractivity contribution >= 4 is 11.3 Å². The minimum atomic E-state index is 0.361. The van der Waals surface area contributed by atoms with Crippen molar-refractivity contribution < 1.29 is 4.74 Å². The predicted molar refractivity (Wildman–Crippen MR) is 113 cm³/mol. The molecule has 2 rings (SSSR count). The molecule has 1 aromatic heterocycles. The average Bonchev–Trinajstić information content (AvgIpc) is 3.21. The highest BCUT2D eigenvalue weighted by Crippen LogP contribution is 2.36. The van der Waals surface area contributed by atoms with Crippen LogP contribution in [0.25, 0.3) is 0 Å². The molecule has 2 nitrogen and oxygen atoms in total. The van der Waals surface area contributed by atoms with Gasteiger partial charge in [0.05, 0.1) is 7.11 Å². The summed E-state index contributed by atoms with van der Waals surface area (Å²) in [6.45, 7) is 2.28. The van der Waals surface area contributed by atoms with Crippen molar-refractivity contribution in [2.45, 2.75) is 83.5 Å². The molecule has 0 saturated heterocycles. The molecule has 0 bridgehead atoms. The monoisotopic (exact) mass is 373 g/mol. The Labute approximate surface area is 164 Å². The number of hydrogen-bond donors (Lipinski definition) is 0. The molecule has 1 aromatic carbocycles. The molecule has 1 heterocycles. The van der Waals surface area contributed by atoms with Crippen LogP contribution in [0, 0.1) is 0 Å². The fraction of sp³-hybridized carbons (Fsp3) is 0.609. The number of para-hydroxylation sites is 1. The Kier molecular flexibility index (Phi) is 10.4. The second-order valence-electron chi connectivity index (χ2n) is 7.14. The van der Waals surface area contributed by atoms with Gasteiger partial charge in [-0.15, -0.1) is 11.3 Å². The van der Waals surface area contributed by atoms with Gasteiger partial charge >= 0.3 is 0 Å². The van der Waals surface area contributed by atoms with Crippen LogP contribution in [-0.2, 0) is 0 Å². The number of hydrogen-bond acceptors (Lipinski definition) is 3. The van der Waals surface area contributed by atoms with Gasteiger partial charge in [0.1, 0.15) is 10.8 Å². The number of nitrogens with zero attached hydrogens (tertiary/aromatic N) is 1. The van der Waals surface area contributed by atoms with Crippen molar-refractivity contribution in [2.75, 3.05) is 7.11 Å². The SMILES string of the molecule is CCCCCCCCCCCCC(c1nccs1)c1ccccc1OC. The Morgan fingerprint density at radius 2 is 1.58 bits per heavy atom. The third-order valence-corrected chi connectivity index (χ3v) is 6.00. The van der Waals surface area contributed by atoms with Gasteiger partial charge in [-0.3, -0.25) is 0 Å². The van der Waals surface area contributed by atoms with E-state index in [9.17, 15) is 0 Å². The van der Waals surface area contributed by atoms with E-state index < -0.39 is 0 Å². The first kappa shape index (κ1) is 21.0. The Hall–Kier alpha value is -1.35. The highest BCUT2D eigenvalue weighted by atomic mass is 32.1. The van der Waals surface area contributed by atoms with E-state index in [4.69, 9.17) is 4.74 Å². The van der Waals surface area contributed by atoms with Crippen LogP contribution >= 0.6 is 11.3 Å². The molecule has 0 radical (unpaired) electrons. The molecule has 0 amide bonds. The zero-order chi connectivity index (χ0) is 18.5. The van der Waals surface area contributed by atoms with Crippen LogP contribution in [0.2, 0.25) is 0 Å². The quantitative estimate of drug-likeness (QED) is 0.318. The molecule has 0 spiro atoms. The maximum Gasteiger partial charge on any atom is 0.122 e. The van der Waals surface area contributed by atoms with Gasteiger partial charge in [0.25, 0.3) is 0 Å². The number of unbranched alkanes of at least 4 members (excludes halogenated alkanes) is 9. The summed E-state index contributed by atoms with van der Waals surface area (Å²) in [7, 11) is 1.76. The van der Waals surface area contributed by atoms with Crippen LogP contribution < -0.4 is 4.74 Å². The van der Waals surface area contributed by atoms with Gasteiger partial charge in [0.15, 0.2) is 0 Å². The van der Waals surface area contributed by atoms with Crippen molar-refractivity contribution in [1.82, 2.24) is 4.98 Å². The van der Waals surface area contributed by atoms with Crippen molar-refractivity contribution in [3.8, 4) is 5.75 Å². The summed E-state index contributed by atoms with van der Waals surface area (Å²) >= 11 is 1.76. The minimum Gasteiger partial charge on any atom is -0.496 e. The number of rotatable bonds is 14. The van der Waals surface area contributed by atoms with Gasteiger partial charge in [-0.05, 0) is 12.5 Å². The van der Waals surface area contributed by atoms with E-state index >= 15 is 0 Å². The number of benzene rings is 1. The summed E-state index contributed by atoms with van der Waals surface area (Å²) in [6.07, 6.45) is 16.8. The molecule has 0 aliphatic rings. The number of methoxy groups -OCH3 is 1. The molecule has 2 aromatic rings. The maximum atomic E-state index is 5.60. The molecular weight excluding hydrogens is 338 g/mol. The molecule has 0 N–H and O–H groups in total. The van der Waals surface area contributed by atoms with Crippen LogP contribution in [0.4, 0.5) is 0 Å². The van der Waals surface area contributed by atoms with Crippen LogP contribution in [0.15, 0.2) is 35.8 Å². The lowest BCUT2D eigenvalue weighted by Gasteiger charge is -2.18. The van der Waals surface area contributed by atoms with Gasteiger partial charge < -0.3 is 4.74 Å². The zero-order valence-electron chi connectivity index (χ0n) is 16.6. The molecule has 0 aliphatic carbocycles. The third-order valence-electron chi connectivity index (χ3n) is 5.11. The fourth-order valence-corrected chi connectivity index (χ4v) is 4.40. The molecule has 0 aliphatic heterocycles. The Morgan fingerprint density at radius 3 is 2.19 bits per heavy atom. The molecule has 144 valence electrons. The molecular formula is C23H35NOS. The van der Waals surface area contributed by atoms with E-state index in [1.54, 1.807) is 18.4 Å². The van der Waals surface area contributed by atoms with E-state index in [0.29, 0.717) is 5.92 Å². The summed E-state index contributed by atoms with van der Waals surface area (Å²) < 4.78 is 5.60. The molecule has 1 atom stereocenters. The van der Waals surface area contributed by atoms with Gasteiger partial charge in [-0.2, -0.15) is 0 Å². The van der Waals surface area contributed by atoms with Gasteiger partial charge in [-0.25, -0.2) is 4.98 Å². The van der Waals surface area contributed by atoms with Crippen molar-refractivity contribution in [1.29, 1.82) is 0 Å². The van der Waals surface area contributed by atoms with Crippen molar-refractivity contribution in [3.63, 3.8) is 0 Å². The Bertz CT molecular complexity index is 582. The first-order valence-electron chi connectivity index (χ1n) is 10.4. The number of aromatic nitrogens is 1. The van der Waals surface area contributed by atoms with Gasteiger partial charge in [-0.1, -0.05) is 89.3 Å². The summed E-state index contributed by atoms with van der Waals surface area (Å²) in [6, 6.07) is 8.41. The lowest BCUT2D eigenvalue weighted by Crippen LogP contribution is -2.03. The topological polar surface area (TPSA) is 22.1 Å². The van der Waals surface area contributed by atoms with Crippen LogP contribution in [0.5, 0.6) is 5.75 Å². The van der Waals surface area contributed by atoms with Crippen LogP contribution in [0.3, 0.4) is 0 Å². The standard InChI is InChI=1S/C23H35NOS/c1-3-4-5-6-7-8-9-10-11-12-16-21(23-24-18-19-26-23)20-15-13-14-17-22(20)25-2/h13-15,17-19,21H,3-12,16H2,1-2H3. The fourth-order valence-electron chi connectivity index (χ4n) is 3.61. The highest BCUT2D eigenvalue weighted by Gasteiger charge is 2.19. The van der Waals surface area contributed by atoms with Gasteiger partial charge in [0, 0.05) is 23.1 Å². The largest absolute Gasteiger partial charge is 0.496 e. The number of thiazole rings is 1. The summed E-state index contributed by atoms with van der Waals surface area (Å²) in [5.74, 6) is 1.35. The summed E-state index contributed by atoms with van der Waals surface area (Å²) in [5.41, 5.74) is 1.28. The Morgan fingerprint density at radius 1 is 0.923 bits per heavy atom. The van der Waals surface area contributed by atoms with Crippen molar-refractivity contribution in [2.24, 2.45) is 0 Å². The van der Waals surface area contributed by atoms with Crippen molar-refractivity contribution in [3.05, 3.63) is 46.4 Å². The molecule has 26 heavy (non-hydrogen) atoms. The van der Waals surface area contributed by atoms with Gasteiger partial charge in [0.2, 0.25) is 0 Å². The van der Waals surface area contributed by atoms with E-state index in [2.05, 4.69) is 35.5 Å². The summed E-state index contributed by atoms with van der Waals surface area (Å²) in [5, 5.41) is 3.29. The first-order valence-corrected chi connectivity index (χ1v) is 11.3. The average molecular weight is 374 g/mol. The molecule has 0 fully saturated rings. The van der Waals surface area contributed by atoms with Crippen LogP contribution in [-0.4, -0.2) is 12.1 Å². The van der Waals surface area contributed by atoms with E-state index in [0.717, 1.165) is 12.2 Å². The second kappa shape index (κ2) is 12.9. The molecule has 0 saturated carbocycles. The number of ether oxygens (including phenoxy) is 1. The normalized spacial score (nSPS) is 12.2. The van der Waals surface area contributed by atoms with E-state index in [-0.39, 0.29) is 0 Å². The smallest absolute Gasteiger partial charge is 0.122 e. The summed E-state index contributed by atoms with van der Waals surface area (Å²) in [4.78, 5) is 4.60. The van der Waals surface area contributed by atoms with E-state index in [1.165, 1.54) is 74.8 Å². The van der Waals surface area contributed by atoms with E-state index in [1.807, 2.05) is 12.3 Å². The lowest BCUT2D eigenvalue weighted by atomic mass is 9.92. The lowest BCUT2D eigenvalue weighted by molar-refractivity contribution is 0.405.